The Kier molecular flexibility index (Phi) is 3.98. The molecule has 1 saturated heterocycles. The molecule has 2 heterocycles. The maximum atomic E-state index is 12.0. The van der Waals surface area contributed by atoms with E-state index in [-0.39, 0.29) is 22.7 Å². The van der Waals surface area contributed by atoms with Gasteiger partial charge in [-0.15, -0.1) is 0 Å². The number of likely N-dealkylation sites (tertiary alicyclic amines) is 1. The molecule has 0 radical (unpaired) electrons. The molecule has 4 rings (SSSR count). The van der Waals surface area contributed by atoms with Crippen LogP contribution in [0.5, 0.6) is 0 Å². The summed E-state index contributed by atoms with van der Waals surface area (Å²) in [5.41, 5.74) is 12.9. The van der Waals surface area contributed by atoms with Crippen molar-refractivity contribution >= 4 is 17.7 Å². The zero-order chi connectivity index (χ0) is 19.2. The molecule has 0 atom stereocenters. The van der Waals surface area contributed by atoms with Crippen LogP contribution in [-0.2, 0) is 10.2 Å². The number of hydrogen-bond donors (Lipinski definition) is 3. The quantitative estimate of drug-likeness (QED) is 0.700. The summed E-state index contributed by atoms with van der Waals surface area (Å²) >= 11 is 0. The van der Waals surface area contributed by atoms with Gasteiger partial charge in [-0.2, -0.15) is 5.10 Å². The first-order chi connectivity index (χ1) is 12.9. The van der Waals surface area contributed by atoms with Gasteiger partial charge in [0.05, 0.1) is 0 Å². The third-order valence-corrected chi connectivity index (χ3v) is 5.55. The van der Waals surface area contributed by atoms with E-state index in [1.165, 1.54) is 0 Å². The Labute approximate surface area is 155 Å². The van der Waals surface area contributed by atoms with Gasteiger partial charge in [0.1, 0.15) is 5.69 Å². The highest BCUT2D eigenvalue weighted by Crippen LogP contribution is 2.49. The van der Waals surface area contributed by atoms with Crippen molar-refractivity contribution in [1.82, 2.24) is 15.1 Å². The van der Waals surface area contributed by atoms with Gasteiger partial charge in [0.2, 0.25) is 5.91 Å². The minimum absolute atomic E-state index is 0.00790. The number of H-pyrrole nitrogens is 1. The minimum Gasteiger partial charge on any atom is -0.364 e. The van der Waals surface area contributed by atoms with Crippen molar-refractivity contribution in [2.45, 2.75) is 31.1 Å². The highest BCUT2D eigenvalue weighted by atomic mass is 16.2. The van der Waals surface area contributed by atoms with E-state index in [2.05, 4.69) is 10.2 Å². The monoisotopic (exact) mass is 367 g/mol. The first kappa shape index (κ1) is 17.3. The lowest BCUT2D eigenvalue weighted by atomic mass is 9.92. The first-order valence-corrected chi connectivity index (χ1v) is 8.98. The lowest BCUT2D eigenvalue weighted by molar-refractivity contribution is -0.128. The predicted octanol–water partition coefficient (Wildman–Crippen LogP) is 0.929. The van der Waals surface area contributed by atoms with Crippen LogP contribution in [0, 0.1) is 0 Å². The normalized spacial score (nSPS) is 17.9. The van der Waals surface area contributed by atoms with E-state index in [0.29, 0.717) is 17.5 Å². The summed E-state index contributed by atoms with van der Waals surface area (Å²) in [6.07, 6.45) is 3.66. The maximum Gasteiger partial charge on any atom is 0.269 e. The van der Waals surface area contributed by atoms with E-state index in [4.69, 9.17) is 11.5 Å². The van der Waals surface area contributed by atoms with E-state index < -0.39 is 11.8 Å². The molecule has 8 nitrogen and oxygen atoms in total. The smallest absolute Gasteiger partial charge is 0.269 e. The molecule has 2 fully saturated rings. The fourth-order valence-electron chi connectivity index (χ4n) is 3.90. The Morgan fingerprint density at radius 2 is 1.85 bits per heavy atom. The summed E-state index contributed by atoms with van der Waals surface area (Å²) in [5.74, 6) is -1.21. The summed E-state index contributed by atoms with van der Waals surface area (Å²) in [4.78, 5) is 37.2. The number of amides is 3. The fraction of sp³-hybridized carbons (Fsp3) is 0.368. The van der Waals surface area contributed by atoms with Gasteiger partial charge in [-0.25, -0.2) is 0 Å². The van der Waals surface area contributed by atoms with Crippen molar-refractivity contribution < 1.29 is 14.4 Å². The number of benzene rings is 1. The van der Waals surface area contributed by atoms with Crippen LogP contribution in [-0.4, -0.2) is 45.9 Å². The Morgan fingerprint density at radius 3 is 2.37 bits per heavy atom. The second-order valence-electron chi connectivity index (χ2n) is 7.33. The van der Waals surface area contributed by atoms with Gasteiger partial charge in [-0.1, -0.05) is 24.3 Å². The molecule has 27 heavy (non-hydrogen) atoms. The second-order valence-corrected chi connectivity index (χ2v) is 7.33. The molecule has 5 N–H and O–H groups in total. The average Bonchev–Trinajstić information content (AvgIpc) is 3.09. The van der Waals surface area contributed by atoms with Gasteiger partial charge in [0.15, 0.2) is 5.69 Å². The van der Waals surface area contributed by atoms with Crippen molar-refractivity contribution in [3.63, 3.8) is 0 Å². The molecule has 1 aliphatic carbocycles. The van der Waals surface area contributed by atoms with Crippen LogP contribution in [0.4, 0.5) is 0 Å². The Balaban J connectivity index is 1.64. The second kappa shape index (κ2) is 6.22. The largest absolute Gasteiger partial charge is 0.364 e. The standard InChI is InChI=1S/C19H21N5O3/c20-17(26)15-14(16(18(21)27)23-22-15)11-3-5-12(6-4-11)19(7-8-19)10-24-9-1-2-13(24)25/h3-6H,1-2,7-10H2,(H2,20,26)(H2,21,27)(H,22,23). The van der Waals surface area contributed by atoms with E-state index in [1.807, 2.05) is 29.2 Å². The number of aromatic nitrogens is 2. The van der Waals surface area contributed by atoms with Crippen LogP contribution >= 0.6 is 0 Å². The Hall–Kier alpha value is -3.16. The van der Waals surface area contributed by atoms with Gasteiger partial charge in [-0.3, -0.25) is 19.5 Å². The number of nitrogens with one attached hydrogen (secondary N) is 1. The number of aromatic amines is 1. The highest BCUT2D eigenvalue weighted by molar-refractivity contribution is 6.06. The summed E-state index contributed by atoms with van der Waals surface area (Å²) in [6, 6.07) is 7.63. The summed E-state index contributed by atoms with van der Waals surface area (Å²) < 4.78 is 0. The number of hydrogen-bond acceptors (Lipinski definition) is 4. The molecule has 1 aromatic carbocycles. The fourth-order valence-corrected chi connectivity index (χ4v) is 3.90. The molecule has 8 heteroatoms. The number of carbonyl (C=O) groups is 3. The molecule has 3 amide bonds. The third kappa shape index (κ3) is 2.97. The summed E-state index contributed by atoms with van der Waals surface area (Å²) in [7, 11) is 0. The average molecular weight is 367 g/mol. The molecule has 1 saturated carbocycles. The Morgan fingerprint density at radius 1 is 1.15 bits per heavy atom. The zero-order valence-corrected chi connectivity index (χ0v) is 14.8. The van der Waals surface area contributed by atoms with Crippen LogP contribution in [0.15, 0.2) is 24.3 Å². The van der Waals surface area contributed by atoms with E-state index >= 15 is 0 Å². The van der Waals surface area contributed by atoms with Crippen molar-refractivity contribution in [3.8, 4) is 11.1 Å². The predicted molar refractivity (Wildman–Crippen MR) is 97.8 cm³/mol. The first-order valence-electron chi connectivity index (χ1n) is 8.98. The van der Waals surface area contributed by atoms with Gasteiger partial charge in [-0.05, 0) is 30.4 Å². The zero-order valence-electron chi connectivity index (χ0n) is 14.8. The molecule has 140 valence electrons. The van der Waals surface area contributed by atoms with Crippen LogP contribution in [0.2, 0.25) is 0 Å². The number of primary amides is 2. The third-order valence-electron chi connectivity index (χ3n) is 5.55. The van der Waals surface area contributed by atoms with Crippen LogP contribution in [0.25, 0.3) is 11.1 Å². The van der Waals surface area contributed by atoms with Gasteiger partial charge in [0, 0.05) is 30.5 Å². The van der Waals surface area contributed by atoms with Gasteiger partial charge >= 0.3 is 0 Å². The molecule has 0 spiro atoms. The molecule has 1 aromatic heterocycles. The molecular weight excluding hydrogens is 346 g/mol. The van der Waals surface area contributed by atoms with Crippen molar-refractivity contribution in [2.24, 2.45) is 11.5 Å². The molecule has 0 bridgehead atoms. The molecular formula is C19H21N5O3. The Bertz CT molecular complexity index is 896. The number of nitrogens with zero attached hydrogens (tertiary/aromatic N) is 2. The van der Waals surface area contributed by atoms with Crippen LogP contribution in [0.3, 0.4) is 0 Å². The molecule has 2 aromatic rings. The minimum atomic E-state index is -0.732. The van der Waals surface area contributed by atoms with Gasteiger partial charge < -0.3 is 16.4 Å². The molecule has 0 unspecified atom stereocenters. The lowest BCUT2D eigenvalue weighted by Gasteiger charge is -2.24. The maximum absolute atomic E-state index is 12.0. The summed E-state index contributed by atoms with van der Waals surface area (Å²) in [5, 5.41) is 6.32. The van der Waals surface area contributed by atoms with Crippen LogP contribution in [0.1, 0.15) is 52.2 Å². The van der Waals surface area contributed by atoms with Crippen molar-refractivity contribution in [1.29, 1.82) is 0 Å². The topological polar surface area (TPSA) is 135 Å². The number of carbonyl (C=O) groups excluding carboxylic acids is 3. The van der Waals surface area contributed by atoms with E-state index in [9.17, 15) is 14.4 Å². The van der Waals surface area contributed by atoms with E-state index in [1.54, 1.807) is 0 Å². The summed E-state index contributed by atoms with van der Waals surface area (Å²) in [6.45, 7) is 1.58. The number of rotatable bonds is 6. The van der Waals surface area contributed by atoms with Crippen molar-refractivity contribution in [2.75, 3.05) is 13.1 Å². The van der Waals surface area contributed by atoms with E-state index in [0.717, 1.165) is 37.9 Å². The SMILES string of the molecule is NC(=O)c1n[nH]c(C(N)=O)c1-c1ccc(C2(CN3CCCC3=O)CC2)cc1. The lowest BCUT2D eigenvalue weighted by Crippen LogP contribution is -2.33. The van der Waals surface area contributed by atoms with Crippen molar-refractivity contribution in [3.05, 3.63) is 41.2 Å². The van der Waals surface area contributed by atoms with Gasteiger partial charge in [0.25, 0.3) is 11.8 Å². The molecule has 1 aliphatic heterocycles. The van der Waals surface area contributed by atoms with Crippen LogP contribution < -0.4 is 11.5 Å². The highest BCUT2D eigenvalue weighted by Gasteiger charge is 2.46. The number of nitrogens with two attached hydrogens (primary N) is 2. The molecule has 2 aliphatic rings.